The van der Waals surface area contributed by atoms with Gasteiger partial charge in [-0.05, 0) is 19.9 Å². The Balaban J connectivity index is 2.34. The lowest BCUT2D eigenvalue weighted by molar-refractivity contribution is -0.134. The van der Waals surface area contributed by atoms with Gasteiger partial charge in [0.25, 0.3) is 11.7 Å². The molecular weight excluding hydrogens is 284 g/mol. The van der Waals surface area contributed by atoms with Crippen molar-refractivity contribution in [3.63, 3.8) is 0 Å². The van der Waals surface area contributed by atoms with E-state index in [1.54, 1.807) is 13.8 Å². The van der Waals surface area contributed by atoms with Crippen LogP contribution in [0.2, 0.25) is 0 Å². The number of rotatable bonds is 6. The largest absolute Gasteiger partial charge is 0.351 e. The van der Waals surface area contributed by atoms with E-state index in [0.29, 0.717) is 19.3 Å². The maximum Gasteiger partial charge on any atom is 0.299 e. The highest BCUT2D eigenvalue weighted by Gasteiger charge is 2.39. The quantitative estimate of drug-likeness (QED) is 0.594. The van der Waals surface area contributed by atoms with Gasteiger partial charge in [0.15, 0.2) is 12.1 Å². The van der Waals surface area contributed by atoms with Gasteiger partial charge in [-0.3, -0.25) is 14.5 Å². The van der Waals surface area contributed by atoms with E-state index in [-0.39, 0.29) is 17.8 Å². The number of hydrogen-bond acceptors (Lipinski definition) is 4. The molecule has 0 spiro atoms. The molecule has 2 rings (SSSR count). The lowest BCUT2D eigenvalue weighted by Crippen LogP contribution is -2.39. The van der Waals surface area contributed by atoms with Gasteiger partial charge in [0, 0.05) is 19.3 Å². The van der Waals surface area contributed by atoms with Crippen molar-refractivity contribution in [2.45, 2.75) is 20.1 Å². The van der Waals surface area contributed by atoms with Gasteiger partial charge in [-0.15, -0.1) is 0 Å². The van der Waals surface area contributed by atoms with E-state index in [2.05, 4.69) is 0 Å². The molecule has 114 valence electrons. The standard InChI is InChI=1S/C14H15F2NO4/c1-3-20-11(21-4-2)7-17-12-9(13(18)14(17)19)5-8(15)6-10(12)16/h5-6,11H,3-4,7H2,1-2H3. The highest BCUT2D eigenvalue weighted by Crippen LogP contribution is 2.32. The van der Waals surface area contributed by atoms with Crippen LogP contribution in [0.3, 0.4) is 0 Å². The monoisotopic (exact) mass is 299 g/mol. The number of nitrogens with zero attached hydrogens (tertiary/aromatic N) is 1. The van der Waals surface area contributed by atoms with Crippen LogP contribution in [0.5, 0.6) is 0 Å². The predicted molar refractivity (Wildman–Crippen MR) is 70.1 cm³/mol. The average Bonchev–Trinajstić information content (AvgIpc) is 2.65. The van der Waals surface area contributed by atoms with Crippen LogP contribution in [0.4, 0.5) is 14.5 Å². The molecule has 0 saturated heterocycles. The molecule has 0 bridgehead atoms. The number of carbonyl (C=O) groups is 2. The van der Waals surface area contributed by atoms with Crippen LogP contribution in [-0.4, -0.2) is 37.7 Å². The minimum atomic E-state index is -0.962. The second-order valence-corrected chi connectivity index (χ2v) is 4.37. The molecule has 0 radical (unpaired) electrons. The Bertz CT molecular complexity index is 570. The molecular formula is C14H15F2NO4. The molecule has 0 unspecified atom stereocenters. The van der Waals surface area contributed by atoms with Crippen LogP contribution in [-0.2, 0) is 14.3 Å². The molecule has 0 aliphatic carbocycles. The number of amides is 1. The van der Waals surface area contributed by atoms with Gasteiger partial charge in [0.05, 0.1) is 17.8 Å². The molecule has 21 heavy (non-hydrogen) atoms. The molecule has 5 nitrogen and oxygen atoms in total. The summed E-state index contributed by atoms with van der Waals surface area (Å²) in [5.41, 5.74) is -0.500. The van der Waals surface area contributed by atoms with E-state index in [9.17, 15) is 18.4 Å². The number of anilines is 1. The summed E-state index contributed by atoms with van der Waals surface area (Å²) >= 11 is 0. The molecule has 1 heterocycles. The zero-order valence-electron chi connectivity index (χ0n) is 11.7. The zero-order chi connectivity index (χ0) is 15.6. The first-order chi connectivity index (χ1) is 9.99. The van der Waals surface area contributed by atoms with Crippen molar-refractivity contribution >= 4 is 17.4 Å². The van der Waals surface area contributed by atoms with Gasteiger partial charge >= 0.3 is 0 Å². The molecule has 1 amide bonds. The Hall–Kier alpha value is -1.86. The number of benzene rings is 1. The molecule has 1 aliphatic rings. The maximum atomic E-state index is 13.9. The van der Waals surface area contributed by atoms with E-state index >= 15 is 0 Å². The van der Waals surface area contributed by atoms with Gasteiger partial charge in [-0.1, -0.05) is 0 Å². The summed E-state index contributed by atoms with van der Waals surface area (Å²) in [4.78, 5) is 24.7. The summed E-state index contributed by atoms with van der Waals surface area (Å²) in [6, 6.07) is 1.49. The Morgan fingerprint density at radius 2 is 1.76 bits per heavy atom. The number of halogens is 2. The van der Waals surface area contributed by atoms with Crippen molar-refractivity contribution in [3.05, 3.63) is 29.3 Å². The molecule has 0 atom stereocenters. The number of ketones is 1. The number of hydrogen-bond donors (Lipinski definition) is 0. The van der Waals surface area contributed by atoms with E-state index < -0.39 is 29.6 Å². The minimum absolute atomic E-state index is 0.137. The summed E-state index contributed by atoms with van der Waals surface area (Å²) in [5.74, 6) is -3.72. The third-order valence-electron chi connectivity index (χ3n) is 3.02. The van der Waals surface area contributed by atoms with Gasteiger partial charge in [0.2, 0.25) is 0 Å². The average molecular weight is 299 g/mol. The lowest BCUT2D eigenvalue weighted by Gasteiger charge is -2.23. The SMILES string of the molecule is CCOC(CN1C(=O)C(=O)c2cc(F)cc(F)c21)OCC. The molecule has 1 aromatic rings. The van der Waals surface area contributed by atoms with Crippen LogP contribution in [0.25, 0.3) is 0 Å². The normalized spacial score (nSPS) is 14.2. The number of ether oxygens (including phenoxy) is 2. The molecule has 1 aliphatic heterocycles. The first-order valence-electron chi connectivity index (χ1n) is 6.58. The number of fused-ring (bicyclic) bond motifs is 1. The summed E-state index contributed by atoms with van der Waals surface area (Å²) in [6.45, 7) is 4.01. The summed E-state index contributed by atoms with van der Waals surface area (Å²) in [6.07, 6.45) is -0.785. The smallest absolute Gasteiger partial charge is 0.299 e. The third kappa shape index (κ3) is 2.93. The van der Waals surface area contributed by atoms with Crippen LogP contribution >= 0.6 is 0 Å². The van der Waals surface area contributed by atoms with Gasteiger partial charge < -0.3 is 9.47 Å². The van der Waals surface area contributed by atoms with Crippen molar-refractivity contribution in [2.75, 3.05) is 24.7 Å². The molecule has 0 aromatic heterocycles. The topological polar surface area (TPSA) is 55.8 Å². The van der Waals surface area contributed by atoms with Gasteiger partial charge in [-0.25, -0.2) is 8.78 Å². The Kier molecular flexibility index (Phi) is 4.64. The summed E-state index contributed by atoms with van der Waals surface area (Å²) in [7, 11) is 0. The van der Waals surface area contributed by atoms with Crippen LogP contribution in [0.1, 0.15) is 24.2 Å². The molecule has 0 N–H and O–H groups in total. The van der Waals surface area contributed by atoms with Crippen molar-refractivity contribution < 1.29 is 27.8 Å². The minimum Gasteiger partial charge on any atom is -0.351 e. The highest BCUT2D eigenvalue weighted by molar-refractivity contribution is 6.52. The zero-order valence-corrected chi connectivity index (χ0v) is 11.7. The highest BCUT2D eigenvalue weighted by atomic mass is 19.1. The summed E-state index contributed by atoms with van der Waals surface area (Å²) in [5, 5.41) is 0. The molecule has 1 aromatic carbocycles. The molecule has 7 heteroatoms. The Morgan fingerprint density at radius 3 is 2.33 bits per heavy atom. The summed E-state index contributed by atoms with van der Waals surface area (Å²) < 4.78 is 37.7. The van der Waals surface area contributed by atoms with E-state index in [4.69, 9.17) is 9.47 Å². The van der Waals surface area contributed by atoms with E-state index in [1.165, 1.54) is 0 Å². The second kappa shape index (κ2) is 6.28. The fourth-order valence-corrected chi connectivity index (χ4v) is 2.20. The fourth-order valence-electron chi connectivity index (χ4n) is 2.20. The van der Waals surface area contributed by atoms with Crippen LogP contribution in [0, 0.1) is 11.6 Å². The van der Waals surface area contributed by atoms with E-state index in [1.807, 2.05) is 0 Å². The molecule has 0 fully saturated rings. The van der Waals surface area contributed by atoms with Crippen molar-refractivity contribution in [1.29, 1.82) is 0 Å². The Labute approximate surface area is 120 Å². The van der Waals surface area contributed by atoms with Gasteiger partial charge in [0.1, 0.15) is 5.82 Å². The van der Waals surface area contributed by atoms with Crippen LogP contribution < -0.4 is 4.90 Å². The fraction of sp³-hybridized carbons (Fsp3) is 0.429. The number of carbonyl (C=O) groups excluding carboxylic acids is 2. The predicted octanol–water partition coefficient (Wildman–Crippen LogP) is 1.89. The van der Waals surface area contributed by atoms with Crippen molar-refractivity contribution in [2.24, 2.45) is 0 Å². The first-order valence-corrected chi connectivity index (χ1v) is 6.58. The molecule has 0 saturated carbocycles. The van der Waals surface area contributed by atoms with Crippen molar-refractivity contribution in [1.82, 2.24) is 0 Å². The maximum absolute atomic E-state index is 13.9. The lowest BCUT2D eigenvalue weighted by atomic mass is 10.1. The second-order valence-electron chi connectivity index (χ2n) is 4.37. The van der Waals surface area contributed by atoms with Crippen molar-refractivity contribution in [3.8, 4) is 0 Å². The Morgan fingerprint density at radius 1 is 1.14 bits per heavy atom. The number of Topliss-reactive ketones (excluding diaryl/α,β-unsaturated/α-hetero) is 1. The third-order valence-corrected chi connectivity index (χ3v) is 3.02. The van der Waals surface area contributed by atoms with Gasteiger partial charge in [-0.2, -0.15) is 0 Å². The first kappa shape index (κ1) is 15.5. The van der Waals surface area contributed by atoms with E-state index in [0.717, 1.165) is 11.0 Å². The van der Waals surface area contributed by atoms with Crippen LogP contribution in [0.15, 0.2) is 12.1 Å².